The highest BCUT2D eigenvalue weighted by Gasteiger charge is 2.33. The topological polar surface area (TPSA) is 87.4 Å². The van der Waals surface area contributed by atoms with Crippen molar-refractivity contribution in [3.63, 3.8) is 0 Å². The maximum absolute atomic E-state index is 12.9. The lowest BCUT2D eigenvalue weighted by molar-refractivity contribution is -0.141. The van der Waals surface area contributed by atoms with Gasteiger partial charge in [-0.25, -0.2) is 15.0 Å². The van der Waals surface area contributed by atoms with E-state index in [0.29, 0.717) is 37.1 Å². The van der Waals surface area contributed by atoms with Crippen LogP contribution in [0.25, 0.3) is 10.9 Å². The molecule has 30 heavy (non-hydrogen) atoms. The molecule has 0 bridgehead atoms. The third-order valence-electron chi connectivity index (χ3n) is 5.01. The summed E-state index contributed by atoms with van der Waals surface area (Å²) in [5.74, 6) is 0.0640. The van der Waals surface area contributed by atoms with Crippen molar-refractivity contribution < 1.29 is 18.3 Å². The molecule has 0 radical (unpaired) electrons. The zero-order valence-corrected chi connectivity index (χ0v) is 15.9. The molecule has 1 aromatic carbocycles. The highest BCUT2D eigenvalue weighted by atomic mass is 19.4. The summed E-state index contributed by atoms with van der Waals surface area (Å²) in [5, 5.41) is 9.49. The second kappa shape index (κ2) is 7.90. The van der Waals surface area contributed by atoms with Gasteiger partial charge in [-0.1, -0.05) is 0 Å². The molecule has 0 unspecified atom stereocenters. The molecule has 0 atom stereocenters. The minimum absolute atomic E-state index is 0.0640. The lowest BCUT2D eigenvalue weighted by Gasteiger charge is -2.36. The highest BCUT2D eigenvalue weighted by molar-refractivity contribution is 5.81. The number of aliphatic hydroxyl groups is 1. The number of hydrogen-bond acceptors (Lipinski definition) is 7. The third kappa shape index (κ3) is 3.92. The van der Waals surface area contributed by atoms with E-state index in [-0.39, 0.29) is 24.7 Å². The van der Waals surface area contributed by atoms with Gasteiger partial charge in [0.1, 0.15) is 5.69 Å². The van der Waals surface area contributed by atoms with Crippen LogP contribution in [-0.4, -0.2) is 57.4 Å². The Balaban J connectivity index is 1.50. The third-order valence-corrected chi connectivity index (χ3v) is 5.01. The van der Waals surface area contributed by atoms with E-state index in [9.17, 15) is 18.0 Å². The predicted octanol–water partition coefficient (Wildman–Crippen LogP) is 1.52. The summed E-state index contributed by atoms with van der Waals surface area (Å²) in [6, 6.07) is 6.20. The van der Waals surface area contributed by atoms with E-state index in [1.807, 2.05) is 12.1 Å². The van der Waals surface area contributed by atoms with E-state index in [1.54, 1.807) is 11.0 Å². The van der Waals surface area contributed by atoms with Gasteiger partial charge < -0.3 is 14.9 Å². The van der Waals surface area contributed by atoms with Crippen LogP contribution < -0.4 is 15.4 Å². The Kier molecular flexibility index (Phi) is 5.29. The molecule has 1 saturated heterocycles. The van der Waals surface area contributed by atoms with Crippen LogP contribution in [0.5, 0.6) is 0 Å². The molecule has 0 spiro atoms. The van der Waals surface area contributed by atoms with Crippen LogP contribution in [0.15, 0.2) is 41.6 Å². The number of rotatable bonds is 4. The number of halogens is 3. The van der Waals surface area contributed by atoms with Crippen molar-refractivity contribution in [3.8, 4) is 0 Å². The molecule has 4 rings (SSSR count). The van der Waals surface area contributed by atoms with Crippen molar-refractivity contribution in [2.45, 2.75) is 12.7 Å². The monoisotopic (exact) mass is 420 g/mol. The van der Waals surface area contributed by atoms with Gasteiger partial charge in [-0.15, -0.1) is 0 Å². The van der Waals surface area contributed by atoms with Crippen LogP contribution >= 0.6 is 0 Å². The van der Waals surface area contributed by atoms with Gasteiger partial charge in [0.25, 0.3) is 5.56 Å². The molecule has 0 saturated carbocycles. The average molecular weight is 420 g/mol. The number of hydrogen-bond donors (Lipinski definition) is 1. The summed E-state index contributed by atoms with van der Waals surface area (Å²) in [4.78, 5) is 28.1. The molecule has 1 aliphatic rings. The second-order valence-electron chi connectivity index (χ2n) is 6.88. The van der Waals surface area contributed by atoms with E-state index >= 15 is 0 Å². The number of nitrogens with zero attached hydrogens (tertiary/aromatic N) is 6. The fraction of sp³-hybridized carbons (Fsp3) is 0.368. The molecule has 1 aliphatic heterocycles. The van der Waals surface area contributed by atoms with E-state index in [2.05, 4.69) is 19.9 Å². The zero-order valence-electron chi connectivity index (χ0n) is 15.9. The SMILES string of the molecule is O=c1c2ccc(N3CCN(c4nccc(C(F)(F)F)n4)CC3)cc2ncn1CCO. The maximum atomic E-state index is 12.9. The Morgan fingerprint density at radius 3 is 2.47 bits per heavy atom. The van der Waals surface area contributed by atoms with E-state index in [0.717, 1.165) is 18.0 Å². The number of alkyl halides is 3. The zero-order chi connectivity index (χ0) is 21.3. The molecule has 1 N–H and O–H groups in total. The van der Waals surface area contributed by atoms with Crippen molar-refractivity contribution in [1.82, 2.24) is 19.5 Å². The van der Waals surface area contributed by atoms with Crippen molar-refractivity contribution in [2.75, 3.05) is 42.6 Å². The first-order valence-corrected chi connectivity index (χ1v) is 9.37. The molecular weight excluding hydrogens is 401 g/mol. The molecule has 11 heteroatoms. The van der Waals surface area contributed by atoms with E-state index < -0.39 is 11.9 Å². The number of benzene rings is 1. The van der Waals surface area contributed by atoms with Gasteiger partial charge in [-0.3, -0.25) is 9.36 Å². The van der Waals surface area contributed by atoms with Gasteiger partial charge >= 0.3 is 6.18 Å². The number of piperazine rings is 1. The molecule has 1 fully saturated rings. The summed E-state index contributed by atoms with van der Waals surface area (Å²) >= 11 is 0. The first-order chi connectivity index (χ1) is 14.4. The Morgan fingerprint density at radius 1 is 1.03 bits per heavy atom. The summed E-state index contributed by atoms with van der Waals surface area (Å²) in [6.45, 7) is 2.09. The number of aromatic nitrogens is 4. The normalized spacial score (nSPS) is 15.1. The number of anilines is 2. The van der Waals surface area contributed by atoms with Gasteiger partial charge in [0.2, 0.25) is 5.95 Å². The molecule has 0 amide bonds. The highest BCUT2D eigenvalue weighted by Crippen LogP contribution is 2.28. The lowest BCUT2D eigenvalue weighted by Crippen LogP contribution is -2.47. The van der Waals surface area contributed by atoms with Crippen LogP contribution in [0.1, 0.15) is 5.69 Å². The van der Waals surface area contributed by atoms with Gasteiger partial charge in [0.05, 0.1) is 30.4 Å². The number of aliphatic hydroxyl groups excluding tert-OH is 1. The standard InChI is InChI=1S/C19H19F3N6O2/c20-19(21,22)16-3-4-23-18(25-16)27-7-5-26(6-8-27)13-1-2-14-15(11-13)24-12-28(9-10-29)17(14)30/h1-4,11-12,29H,5-10H2. The van der Waals surface area contributed by atoms with Crippen molar-refractivity contribution in [2.24, 2.45) is 0 Å². The molecule has 3 aromatic rings. The second-order valence-corrected chi connectivity index (χ2v) is 6.88. The first kappa shape index (κ1) is 20.1. The first-order valence-electron chi connectivity index (χ1n) is 9.37. The predicted molar refractivity (Wildman–Crippen MR) is 105 cm³/mol. The van der Waals surface area contributed by atoms with E-state index in [1.165, 1.54) is 10.9 Å². The Labute approximate surface area is 169 Å². The largest absolute Gasteiger partial charge is 0.433 e. The van der Waals surface area contributed by atoms with Gasteiger partial charge in [-0.05, 0) is 24.3 Å². The van der Waals surface area contributed by atoms with E-state index in [4.69, 9.17) is 5.11 Å². The molecule has 0 aliphatic carbocycles. The minimum Gasteiger partial charge on any atom is -0.395 e. The van der Waals surface area contributed by atoms with Gasteiger partial charge in [0, 0.05) is 38.1 Å². The smallest absolute Gasteiger partial charge is 0.395 e. The van der Waals surface area contributed by atoms with Crippen LogP contribution in [0.3, 0.4) is 0 Å². The number of fused-ring (bicyclic) bond motifs is 1. The molecular formula is C19H19F3N6O2. The Morgan fingerprint density at radius 2 is 1.77 bits per heavy atom. The molecule has 158 valence electrons. The summed E-state index contributed by atoms with van der Waals surface area (Å²) in [6.07, 6.45) is -1.98. The molecule has 8 nitrogen and oxygen atoms in total. The average Bonchev–Trinajstić information content (AvgIpc) is 2.75. The van der Waals surface area contributed by atoms with Gasteiger partial charge in [-0.2, -0.15) is 13.2 Å². The van der Waals surface area contributed by atoms with Crippen LogP contribution in [0.2, 0.25) is 0 Å². The van der Waals surface area contributed by atoms with Gasteiger partial charge in [0.15, 0.2) is 0 Å². The van der Waals surface area contributed by atoms with Crippen LogP contribution in [-0.2, 0) is 12.7 Å². The van der Waals surface area contributed by atoms with Crippen molar-refractivity contribution in [1.29, 1.82) is 0 Å². The lowest BCUT2D eigenvalue weighted by atomic mass is 10.2. The quantitative estimate of drug-likeness (QED) is 0.685. The summed E-state index contributed by atoms with van der Waals surface area (Å²) in [5.41, 5.74) is 0.253. The van der Waals surface area contributed by atoms with Crippen molar-refractivity contribution >= 4 is 22.5 Å². The molecule has 2 aromatic heterocycles. The van der Waals surface area contributed by atoms with Crippen LogP contribution in [0, 0.1) is 0 Å². The fourth-order valence-electron chi connectivity index (χ4n) is 3.43. The molecule has 3 heterocycles. The minimum atomic E-state index is -4.51. The van der Waals surface area contributed by atoms with Crippen molar-refractivity contribution in [3.05, 3.63) is 52.8 Å². The maximum Gasteiger partial charge on any atom is 0.433 e. The summed E-state index contributed by atoms with van der Waals surface area (Å²) in [7, 11) is 0. The Hall–Kier alpha value is -3.21. The fourth-order valence-corrected chi connectivity index (χ4v) is 3.43. The Bertz CT molecular complexity index is 1110. The van der Waals surface area contributed by atoms with Crippen LogP contribution in [0.4, 0.5) is 24.8 Å². The summed E-state index contributed by atoms with van der Waals surface area (Å²) < 4.78 is 40.0.